The van der Waals surface area contributed by atoms with Crippen molar-refractivity contribution in [3.05, 3.63) is 56.8 Å². The fourth-order valence-electron chi connectivity index (χ4n) is 1.88. The molecule has 1 aromatic carbocycles. The van der Waals surface area contributed by atoms with Crippen LogP contribution >= 0.6 is 11.3 Å². The molecule has 0 fully saturated rings. The molecule has 0 aliphatic rings. The van der Waals surface area contributed by atoms with Crippen LogP contribution in [0.1, 0.15) is 31.2 Å². The molecule has 0 atom stereocenters. The van der Waals surface area contributed by atoms with Crippen LogP contribution in [0.4, 0.5) is 0 Å². The highest BCUT2D eigenvalue weighted by Gasteiger charge is 2.07. The predicted octanol–water partition coefficient (Wildman–Crippen LogP) is 2.64. The number of carbonyl (C=O) groups is 1. The molecular formula is C17H17NO2S. The Labute approximate surface area is 128 Å². The van der Waals surface area contributed by atoms with Gasteiger partial charge < -0.3 is 10.4 Å². The summed E-state index contributed by atoms with van der Waals surface area (Å²) in [5.41, 5.74) is 2.33. The number of hydrogen-bond donors (Lipinski definition) is 2. The summed E-state index contributed by atoms with van der Waals surface area (Å²) in [6.45, 7) is 4.32. The van der Waals surface area contributed by atoms with Crippen molar-refractivity contribution < 1.29 is 9.90 Å². The third kappa shape index (κ3) is 4.19. The van der Waals surface area contributed by atoms with Crippen LogP contribution in [-0.4, -0.2) is 17.6 Å². The van der Waals surface area contributed by atoms with Crippen molar-refractivity contribution in [3.63, 3.8) is 0 Å². The van der Waals surface area contributed by atoms with Crippen LogP contribution in [0.5, 0.6) is 0 Å². The quantitative estimate of drug-likeness (QED) is 0.856. The van der Waals surface area contributed by atoms with E-state index in [1.807, 2.05) is 32.0 Å². The Hall–Kier alpha value is -2.09. The molecule has 0 aliphatic carbocycles. The minimum Gasteiger partial charge on any atom is -0.384 e. The second-order valence-electron chi connectivity index (χ2n) is 4.68. The van der Waals surface area contributed by atoms with Gasteiger partial charge in [0.1, 0.15) is 6.61 Å². The molecule has 0 bridgehead atoms. The summed E-state index contributed by atoms with van der Waals surface area (Å²) in [6.07, 6.45) is 0. The van der Waals surface area contributed by atoms with Gasteiger partial charge in [0.2, 0.25) is 0 Å². The monoisotopic (exact) mass is 299 g/mol. The number of carbonyl (C=O) groups excluding carboxylic acids is 1. The number of aliphatic hydroxyl groups excluding tert-OH is 1. The summed E-state index contributed by atoms with van der Waals surface area (Å²) in [5, 5.41) is 11.7. The first-order valence-electron chi connectivity index (χ1n) is 6.64. The summed E-state index contributed by atoms with van der Waals surface area (Å²) < 4.78 is 0. The molecule has 1 amide bonds. The van der Waals surface area contributed by atoms with Crippen molar-refractivity contribution in [2.45, 2.75) is 20.4 Å². The Morgan fingerprint density at radius 2 is 2.10 bits per heavy atom. The second kappa shape index (κ2) is 7.07. The standard InChI is InChI=1S/C17H17NO2S/c1-12-5-7-15(10-14(12)4-3-9-19)17(20)18-11-16-8-6-13(2)21-16/h5-8,10,19H,9,11H2,1-2H3,(H,18,20). The molecule has 2 N–H and O–H groups in total. The molecule has 0 saturated heterocycles. The Bertz CT molecular complexity index is 707. The van der Waals surface area contributed by atoms with Crippen molar-refractivity contribution >= 4 is 17.2 Å². The summed E-state index contributed by atoms with van der Waals surface area (Å²) in [5.74, 6) is 5.35. The molecular weight excluding hydrogens is 282 g/mol. The first-order valence-corrected chi connectivity index (χ1v) is 7.45. The minimum absolute atomic E-state index is 0.117. The van der Waals surface area contributed by atoms with E-state index in [0.717, 1.165) is 16.0 Å². The largest absolute Gasteiger partial charge is 0.384 e. The molecule has 1 aromatic heterocycles. The molecule has 0 radical (unpaired) electrons. The summed E-state index contributed by atoms with van der Waals surface area (Å²) in [7, 11) is 0. The Morgan fingerprint density at radius 3 is 2.76 bits per heavy atom. The topological polar surface area (TPSA) is 49.3 Å². The third-order valence-corrected chi connectivity index (χ3v) is 4.02. The second-order valence-corrected chi connectivity index (χ2v) is 6.06. The lowest BCUT2D eigenvalue weighted by Crippen LogP contribution is -2.22. The number of nitrogens with one attached hydrogen (secondary N) is 1. The number of rotatable bonds is 3. The molecule has 4 heteroatoms. The van der Waals surface area contributed by atoms with Crippen molar-refractivity contribution in [2.24, 2.45) is 0 Å². The van der Waals surface area contributed by atoms with E-state index in [9.17, 15) is 4.79 Å². The van der Waals surface area contributed by atoms with E-state index < -0.39 is 0 Å². The average molecular weight is 299 g/mol. The fourth-order valence-corrected chi connectivity index (χ4v) is 2.71. The van der Waals surface area contributed by atoms with Crippen LogP contribution in [0.2, 0.25) is 0 Å². The SMILES string of the molecule is Cc1ccc(CNC(=O)c2ccc(C)c(C#CCO)c2)s1. The smallest absolute Gasteiger partial charge is 0.251 e. The van der Waals surface area contributed by atoms with Gasteiger partial charge in [0.05, 0.1) is 6.54 Å². The van der Waals surface area contributed by atoms with E-state index in [-0.39, 0.29) is 12.5 Å². The van der Waals surface area contributed by atoms with Gasteiger partial charge in [0, 0.05) is 20.9 Å². The molecule has 21 heavy (non-hydrogen) atoms. The molecule has 0 aliphatic heterocycles. The number of benzene rings is 1. The van der Waals surface area contributed by atoms with E-state index >= 15 is 0 Å². The minimum atomic E-state index is -0.187. The highest BCUT2D eigenvalue weighted by Crippen LogP contribution is 2.15. The van der Waals surface area contributed by atoms with Crippen LogP contribution in [-0.2, 0) is 6.54 Å². The van der Waals surface area contributed by atoms with E-state index in [2.05, 4.69) is 17.2 Å². The van der Waals surface area contributed by atoms with E-state index in [0.29, 0.717) is 12.1 Å². The van der Waals surface area contributed by atoms with Gasteiger partial charge in [-0.15, -0.1) is 11.3 Å². The van der Waals surface area contributed by atoms with Crippen LogP contribution < -0.4 is 5.32 Å². The summed E-state index contributed by atoms with van der Waals surface area (Å²) >= 11 is 1.68. The third-order valence-electron chi connectivity index (χ3n) is 3.02. The average Bonchev–Trinajstić information content (AvgIpc) is 2.89. The van der Waals surface area contributed by atoms with E-state index in [1.165, 1.54) is 4.88 Å². The van der Waals surface area contributed by atoms with Gasteiger partial charge in [0.25, 0.3) is 5.91 Å². The summed E-state index contributed by atoms with van der Waals surface area (Å²) in [6, 6.07) is 9.47. The molecule has 2 rings (SSSR count). The van der Waals surface area contributed by atoms with Crippen molar-refractivity contribution in [1.82, 2.24) is 5.32 Å². The number of aryl methyl sites for hydroxylation is 2. The van der Waals surface area contributed by atoms with Gasteiger partial charge >= 0.3 is 0 Å². The highest BCUT2D eigenvalue weighted by molar-refractivity contribution is 7.11. The molecule has 3 nitrogen and oxygen atoms in total. The van der Waals surface area contributed by atoms with Crippen molar-refractivity contribution in [1.29, 1.82) is 0 Å². The van der Waals surface area contributed by atoms with Gasteiger partial charge in [-0.05, 0) is 43.7 Å². The number of hydrogen-bond acceptors (Lipinski definition) is 3. The maximum absolute atomic E-state index is 12.2. The van der Waals surface area contributed by atoms with Gasteiger partial charge in [-0.3, -0.25) is 4.79 Å². The van der Waals surface area contributed by atoms with E-state index in [4.69, 9.17) is 5.11 Å². The molecule has 108 valence electrons. The molecule has 0 saturated carbocycles. The highest BCUT2D eigenvalue weighted by atomic mass is 32.1. The zero-order chi connectivity index (χ0) is 15.2. The van der Waals surface area contributed by atoms with Crippen LogP contribution in [0.25, 0.3) is 0 Å². The molecule has 1 heterocycles. The fraction of sp³-hybridized carbons (Fsp3) is 0.235. The number of amides is 1. The Kier molecular flexibility index (Phi) is 5.15. The van der Waals surface area contributed by atoms with Crippen LogP contribution in [0, 0.1) is 25.7 Å². The number of thiophene rings is 1. The predicted molar refractivity (Wildman–Crippen MR) is 85.4 cm³/mol. The van der Waals surface area contributed by atoms with Gasteiger partial charge in [-0.25, -0.2) is 0 Å². The lowest BCUT2D eigenvalue weighted by Gasteiger charge is -2.06. The first-order chi connectivity index (χ1) is 10.1. The maximum Gasteiger partial charge on any atom is 0.251 e. The molecule has 2 aromatic rings. The molecule has 0 spiro atoms. The van der Waals surface area contributed by atoms with Crippen molar-refractivity contribution in [2.75, 3.05) is 6.61 Å². The lowest BCUT2D eigenvalue weighted by atomic mass is 10.0. The van der Waals surface area contributed by atoms with Gasteiger partial charge in [-0.2, -0.15) is 0 Å². The van der Waals surface area contributed by atoms with Gasteiger partial charge in [-0.1, -0.05) is 17.9 Å². The van der Waals surface area contributed by atoms with Gasteiger partial charge in [0.15, 0.2) is 0 Å². The first kappa shape index (κ1) is 15.3. The van der Waals surface area contributed by atoms with E-state index in [1.54, 1.807) is 23.5 Å². The Balaban J connectivity index is 2.08. The van der Waals surface area contributed by atoms with Crippen LogP contribution in [0.3, 0.4) is 0 Å². The molecule has 0 unspecified atom stereocenters. The summed E-state index contributed by atoms with van der Waals surface area (Å²) in [4.78, 5) is 14.5. The Morgan fingerprint density at radius 1 is 1.29 bits per heavy atom. The lowest BCUT2D eigenvalue weighted by molar-refractivity contribution is 0.0951. The zero-order valence-corrected chi connectivity index (χ0v) is 12.9. The maximum atomic E-state index is 12.2. The van der Waals surface area contributed by atoms with Crippen LogP contribution in [0.15, 0.2) is 30.3 Å². The number of aliphatic hydroxyl groups is 1. The zero-order valence-electron chi connectivity index (χ0n) is 12.1. The normalized spacial score (nSPS) is 9.86. The van der Waals surface area contributed by atoms with Crippen molar-refractivity contribution in [3.8, 4) is 11.8 Å².